The molecule has 0 aliphatic rings. The van der Waals surface area contributed by atoms with Crippen LogP contribution in [0, 0.1) is 0 Å². The Kier molecular flexibility index (Phi) is 6.13. The number of benzene rings is 1. The number of alkyl carbamates (subject to hydrolysis) is 1. The van der Waals surface area contributed by atoms with Crippen molar-refractivity contribution in [3.05, 3.63) is 59.8 Å². The normalized spacial score (nSPS) is 11.4. The molecule has 0 bridgehead atoms. The molecule has 0 radical (unpaired) electrons. The molecule has 1 atom stereocenters. The molecule has 24 heavy (non-hydrogen) atoms. The molecule has 0 fully saturated rings. The van der Waals surface area contributed by atoms with Gasteiger partial charge in [-0.15, -0.1) is 0 Å². The van der Waals surface area contributed by atoms with Crippen LogP contribution in [0.15, 0.2) is 48.7 Å². The van der Waals surface area contributed by atoms with Gasteiger partial charge in [-0.3, -0.25) is 4.79 Å². The number of aliphatic carboxylic acids is 1. The topological polar surface area (TPSA) is 97.8 Å². The van der Waals surface area contributed by atoms with Crippen LogP contribution in [-0.2, 0) is 16.1 Å². The molecule has 7 heteroatoms. The molecule has 7 nitrogen and oxygen atoms in total. The Morgan fingerprint density at radius 2 is 1.96 bits per heavy atom. The lowest BCUT2D eigenvalue weighted by Crippen LogP contribution is -2.30. The van der Waals surface area contributed by atoms with E-state index in [0.717, 1.165) is 5.56 Å². The first-order valence-corrected chi connectivity index (χ1v) is 7.27. The van der Waals surface area contributed by atoms with E-state index < -0.39 is 18.1 Å². The van der Waals surface area contributed by atoms with Crippen LogP contribution in [0.5, 0.6) is 5.88 Å². The van der Waals surface area contributed by atoms with Gasteiger partial charge in [-0.2, -0.15) is 0 Å². The van der Waals surface area contributed by atoms with E-state index in [9.17, 15) is 9.59 Å². The van der Waals surface area contributed by atoms with Gasteiger partial charge in [-0.05, 0) is 11.1 Å². The predicted octanol–water partition coefficient (Wildman–Crippen LogP) is 2.53. The van der Waals surface area contributed by atoms with Gasteiger partial charge in [0, 0.05) is 12.3 Å². The zero-order valence-electron chi connectivity index (χ0n) is 13.1. The highest BCUT2D eigenvalue weighted by molar-refractivity contribution is 5.71. The first kappa shape index (κ1) is 17.3. The lowest BCUT2D eigenvalue weighted by Gasteiger charge is -2.17. The maximum atomic E-state index is 11.9. The number of aromatic nitrogens is 1. The van der Waals surface area contributed by atoms with Crippen molar-refractivity contribution >= 4 is 12.1 Å². The number of ether oxygens (including phenoxy) is 2. The molecule has 2 rings (SSSR count). The van der Waals surface area contributed by atoms with Gasteiger partial charge in [0.25, 0.3) is 0 Å². The third kappa shape index (κ3) is 5.28. The summed E-state index contributed by atoms with van der Waals surface area (Å²) in [6, 6.07) is 11.7. The van der Waals surface area contributed by atoms with Gasteiger partial charge in [0.1, 0.15) is 6.61 Å². The smallest absolute Gasteiger partial charge is 0.407 e. The molecule has 0 saturated heterocycles. The third-order valence-electron chi connectivity index (χ3n) is 3.25. The van der Waals surface area contributed by atoms with Gasteiger partial charge in [0.15, 0.2) is 0 Å². The van der Waals surface area contributed by atoms with Crippen LogP contribution in [0.25, 0.3) is 0 Å². The van der Waals surface area contributed by atoms with Crippen LogP contribution in [-0.4, -0.2) is 29.3 Å². The number of nitrogens with one attached hydrogen (secondary N) is 1. The maximum Gasteiger partial charge on any atom is 0.407 e. The number of carboxylic acid groups (broad SMARTS) is 1. The van der Waals surface area contributed by atoms with Gasteiger partial charge >= 0.3 is 12.1 Å². The van der Waals surface area contributed by atoms with E-state index in [2.05, 4.69) is 10.3 Å². The molecule has 2 aromatic rings. The number of nitrogens with zero attached hydrogens (tertiary/aromatic N) is 1. The zero-order chi connectivity index (χ0) is 17.4. The van der Waals surface area contributed by atoms with Crippen molar-refractivity contribution < 1.29 is 24.2 Å². The van der Waals surface area contributed by atoms with Crippen LogP contribution in [0.2, 0.25) is 0 Å². The highest BCUT2D eigenvalue weighted by Crippen LogP contribution is 2.18. The molecule has 0 aliphatic carbocycles. The third-order valence-corrected chi connectivity index (χ3v) is 3.25. The molecule has 0 spiro atoms. The minimum absolute atomic E-state index is 0.104. The van der Waals surface area contributed by atoms with Gasteiger partial charge in [-0.25, -0.2) is 9.78 Å². The van der Waals surface area contributed by atoms with Crippen LogP contribution < -0.4 is 10.1 Å². The fraction of sp³-hybridized carbons (Fsp3) is 0.235. The largest absolute Gasteiger partial charge is 0.481 e. The standard InChI is InChI=1S/C17H18N2O5/c1-23-15-8-7-13(10-18-15)14(9-16(20)21)19-17(22)24-11-12-5-3-2-4-6-12/h2-8,10,14H,9,11H2,1H3,(H,19,22)(H,20,21). The SMILES string of the molecule is COc1ccc(C(CC(=O)O)NC(=O)OCc2ccccc2)cn1. The summed E-state index contributed by atoms with van der Waals surface area (Å²) in [6.07, 6.45) is 0.485. The van der Waals surface area contributed by atoms with Crippen molar-refractivity contribution in [2.24, 2.45) is 0 Å². The number of methoxy groups -OCH3 is 1. The van der Waals surface area contributed by atoms with Crippen LogP contribution >= 0.6 is 0 Å². The van der Waals surface area contributed by atoms with Crippen molar-refractivity contribution in [1.82, 2.24) is 10.3 Å². The van der Waals surface area contributed by atoms with E-state index in [0.29, 0.717) is 11.4 Å². The fourth-order valence-corrected chi connectivity index (χ4v) is 2.05. The first-order chi connectivity index (χ1) is 11.6. The summed E-state index contributed by atoms with van der Waals surface area (Å²) in [5.41, 5.74) is 1.39. The van der Waals surface area contributed by atoms with E-state index in [4.69, 9.17) is 14.6 Å². The average molecular weight is 330 g/mol. The molecular formula is C17H18N2O5. The zero-order valence-corrected chi connectivity index (χ0v) is 13.1. The summed E-state index contributed by atoms with van der Waals surface area (Å²) in [6.45, 7) is 0.104. The predicted molar refractivity (Wildman–Crippen MR) is 85.5 cm³/mol. The molecule has 2 N–H and O–H groups in total. The van der Waals surface area contributed by atoms with Crippen LogP contribution in [0.1, 0.15) is 23.6 Å². The molecule has 1 unspecified atom stereocenters. The second kappa shape index (κ2) is 8.52. The van der Waals surface area contributed by atoms with Crippen molar-refractivity contribution in [1.29, 1.82) is 0 Å². The maximum absolute atomic E-state index is 11.9. The molecule has 1 heterocycles. The molecule has 0 aliphatic heterocycles. The Morgan fingerprint density at radius 1 is 1.21 bits per heavy atom. The summed E-state index contributed by atoms with van der Waals surface area (Å²) in [5, 5.41) is 11.6. The number of rotatable bonds is 7. The molecule has 1 aromatic heterocycles. The second-order valence-electron chi connectivity index (χ2n) is 4.99. The second-order valence-corrected chi connectivity index (χ2v) is 4.99. The van der Waals surface area contributed by atoms with Crippen LogP contribution in [0.4, 0.5) is 4.79 Å². The molecule has 1 aromatic carbocycles. The van der Waals surface area contributed by atoms with E-state index in [1.54, 1.807) is 12.1 Å². The monoisotopic (exact) mass is 330 g/mol. The Hall–Kier alpha value is -3.09. The highest BCUT2D eigenvalue weighted by atomic mass is 16.5. The molecule has 0 saturated carbocycles. The Bertz CT molecular complexity index is 673. The lowest BCUT2D eigenvalue weighted by molar-refractivity contribution is -0.137. The van der Waals surface area contributed by atoms with Gasteiger partial charge in [-0.1, -0.05) is 36.4 Å². The lowest BCUT2D eigenvalue weighted by atomic mass is 10.1. The minimum Gasteiger partial charge on any atom is -0.481 e. The number of hydrogen-bond acceptors (Lipinski definition) is 5. The number of carbonyl (C=O) groups is 2. The summed E-state index contributed by atoms with van der Waals surface area (Å²) < 4.78 is 10.1. The van der Waals surface area contributed by atoms with Crippen molar-refractivity contribution in [2.75, 3.05) is 7.11 Å². The number of carbonyl (C=O) groups excluding carboxylic acids is 1. The summed E-state index contributed by atoms with van der Waals surface area (Å²) in [7, 11) is 1.48. The number of carboxylic acids is 1. The molecule has 1 amide bonds. The Morgan fingerprint density at radius 3 is 2.54 bits per heavy atom. The van der Waals surface area contributed by atoms with E-state index >= 15 is 0 Å². The van der Waals surface area contributed by atoms with Gasteiger partial charge < -0.3 is 19.9 Å². The Balaban J connectivity index is 1.99. The average Bonchev–Trinajstić information content (AvgIpc) is 2.60. The fourth-order valence-electron chi connectivity index (χ4n) is 2.05. The summed E-state index contributed by atoms with van der Waals surface area (Å²) in [4.78, 5) is 27.0. The van der Waals surface area contributed by atoms with E-state index in [1.807, 2.05) is 30.3 Å². The van der Waals surface area contributed by atoms with Gasteiger partial charge in [0.05, 0.1) is 19.6 Å². The molecular weight excluding hydrogens is 312 g/mol. The van der Waals surface area contributed by atoms with E-state index in [-0.39, 0.29) is 13.0 Å². The van der Waals surface area contributed by atoms with Crippen molar-refractivity contribution in [3.63, 3.8) is 0 Å². The number of hydrogen-bond donors (Lipinski definition) is 2. The van der Waals surface area contributed by atoms with Crippen molar-refractivity contribution in [3.8, 4) is 5.88 Å². The minimum atomic E-state index is -1.04. The Labute approximate surface area is 139 Å². The van der Waals surface area contributed by atoms with Crippen molar-refractivity contribution in [2.45, 2.75) is 19.1 Å². The first-order valence-electron chi connectivity index (χ1n) is 7.27. The quantitative estimate of drug-likeness (QED) is 0.809. The van der Waals surface area contributed by atoms with Crippen LogP contribution in [0.3, 0.4) is 0 Å². The summed E-state index contributed by atoms with van der Waals surface area (Å²) in [5.74, 6) is -0.640. The molecule has 126 valence electrons. The van der Waals surface area contributed by atoms with Gasteiger partial charge in [0.2, 0.25) is 5.88 Å². The number of pyridine rings is 1. The number of amides is 1. The van der Waals surface area contributed by atoms with E-state index in [1.165, 1.54) is 13.3 Å². The summed E-state index contributed by atoms with van der Waals surface area (Å²) >= 11 is 0. The highest BCUT2D eigenvalue weighted by Gasteiger charge is 2.19.